The van der Waals surface area contributed by atoms with E-state index >= 15 is 0 Å². The smallest absolute Gasteiger partial charge is 0.235 e. The molecule has 0 aliphatic heterocycles. The normalized spacial score (nSPS) is 19.7. The predicted molar refractivity (Wildman–Crippen MR) is 79.4 cm³/mol. The zero-order valence-corrected chi connectivity index (χ0v) is 12.7. The summed E-state index contributed by atoms with van der Waals surface area (Å²) in [4.78, 5) is 12.0. The van der Waals surface area contributed by atoms with Crippen LogP contribution in [-0.4, -0.2) is 33.8 Å². The lowest BCUT2D eigenvalue weighted by molar-refractivity contribution is -0.121. The zero-order chi connectivity index (χ0) is 15.3. The van der Waals surface area contributed by atoms with Crippen molar-refractivity contribution in [2.45, 2.75) is 57.2 Å². The maximum Gasteiger partial charge on any atom is 0.235 e. The van der Waals surface area contributed by atoms with E-state index in [4.69, 9.17) is 0 Å². The van der Waals surface area contributed by atoms with Gasteiger partial charge in [0.2, 0.25) is 5.91 Å². The van der Waals surface area contributed by atoms with Crippen LogP contribution in [0.2, 0.25) is 0 Å². The summed E-state index contributed by atoms with van der Waals surface area (Å²) >= 11 is 0. The lowest BCUT2D eigenvalue weighted by Crippen LogP contribution is -2.49. The van der Waals surface area contributed by atoms with Crippen LogP contribution in [0.5, 0.6) is 0 Å². The second-order valence-corrected chi connectivity index (χ2v) is 5.85. The molecule has 6 nitrogen and oxygen atoms in total. The number of aromatic nitrogens is 2. The Morgan fingerprint density at radius 3 is 2.76 bits per heavy atom. The molecule has 1 aromatic heterocycles. The van der Waals surface area contributed by atoms with Gasteiger partial charge >= 0.3 is 0 Å². The molecule has 1 aromatic rings. The van der Waals surface area contributed by atoms with Crippen molar-refractivity contribution in [3.05, 3.63) is 18.5 Å². The molecule has 114 valence electrons. The molecule has 1 amide bonds. The fraction of sp³-hybridized carbons (Fsp3) is 0.667. The van der Waals surface area contributed by atoms with Crippen LogP contribution in [0.25, 0.3) is 0 Å². The SMILES string of the molecule is C[C@@H](NCC(=O)NC1(C#N)CCCC1)[C@H](C)n1cccn1. The van der Waals surface area contributed by atoms with Gasteiger partial charge in [-0.3, -0.25) is 9.48 Å². The standard InChI is InChI=1S/C15H23N5O/c1-12(13(2)20-9-5-8-18-20)17-10-14(21)19-15(11-16)6-3-4-7-15/h5,8-9,12-13,17H,3-4,6-7,10H2,1-2H3,(H,19,21)/t12-,13+/m1/s1. The van der Waals surface area contributed by atoms with Crippen LogP contribution in [0, 0.1) is 11.3 Å². The number of nitrogens with zero attached hydrogens (tertiary/aromatic N) is 3. The molecule has 0 radical (unpaired) electrons. The van der Waals surface area contributed by atoms with Crippen LogP contribution in [-0.2, 0) is 4.79 Å². The van der Waals surface area contributed by atoms with E-state index in [2.05, 4.69) is 28.7 Å². The Morgan fingerprint density at radius 2 is 2.19 bits per heavy atom. The van der Waals surface area contributed by atoms with E-state index in [1.807, 2.05) is 23.9 Å². The third-order valence-corrected chi connectivity index (χ3v) is 4.30. The molecule has 0 spiro atoms. The molecule has 2 rings (SSSR count). The molecule has 2 atom stereocenters. The maximum atomic E-state index is 12.0. The first-order chi connectivity index (χ1) is 10.1. The highest BCUT2D eigenvalue weighted by Gasteiger charge is 2.35. The van der Waals surface area contributed by atoms with Gasteiger partial charge in [-0.1, -0.05) is 0 Å². The number of rotatable bonds is 6. The van der Waals surface area contributed by atoms with Gasteiger partial charge in [-0.25, -0.2) is 0 Å². The minimum atomic E-state index is -0.643. The Morgan fingerprint density at radius 1 is 1.48 bits per heavy atom. The van der Waals surface area contributed by atoms with Crippen molar-refractivity contribution < 1.29 is 4.79 Å². The number of carbonyl (C=O) groups is 1. The number of hydrogen-bond acceptors (Lipinski definition) is 4. The average molecular weight is 289 g/mol. The van der Waals surface area contributed by atoms with Crippen molar-refractivity contribution in [3.8, 4) is 6.07 Å². The van der Waals surface area contributed by atoms with Crippen molar-refractivity contribution in [1.82, 2.24) is 20.4 Å². The van der Waals surface area contributed by atoms with E-state index in [1.54, 1.807) is 6.20 Å². The number of nitrogens with one attached hydrogen (secondary N) is 2. The number of hydrogen-bond donors (Lipinski definition) is 2. The van der Waals surface area contributed by atoms with Gasteiger partial charge in [0.25, 0.3) is 0 Å². The molecule has 1 aliphatic carbocycles. The van der Waals surface area contributed by atoms with E-state index < -0.39 is 5.54 Å². The molecule has 2 N–H and O–H groups in total. The summed E-state index contributed by atoms with van der Waals surface area (Å²) in [5, 5.41) is 19.6. The van der Waals surface area contributed by atoms with E-state index in [1.165, 1.54) is 0 Å². The van der Waals surface area contributed by atoms with Crippen molar-refractivity contribution in [2.24, 2.45) is 0 Å². The molecule has 6 heteroatoms. The van der Waals surface area contributed by atoms with Crippen LogP contribution in [0.3, 0.4) is 0 Å². The van der Waals surface area contributed by atoms with Crippen molar-refractivity contribution >= 4 is 5.91 Å². The van der Waals surface area contributed by atoms with Crippen molar-refractivity contribution in [3.63, 3.8) is 0 Å². The topological polar surface area (TPSA) is 82.7 Å². The van der Waals surface area contributed by atoms with Gasteiger partial charge in [-0.05, 0) is 45.6 Å². The Kier molecular flexibility index (Phi) is 4.97. The van der Waals surface area contributed by atoms with Crippen LogP contribution in [0.4, 0.5) is 0 Å². The van der Waals surface area contributed by atoms with Gasteiger partial charge < -0.3 is 10.6 Å². The molecule has 0 aromatic carbocycles. The molecule has 1 saturated carbocycles. The Labute approximate surface area is 125 Å². The fourth-order valence-electron chi connectivity index (χ4n) is 2.73. The quantitative estimate of drug-likeness (QED) is 0.828. The van der Waals surface area contributed by atoms with Gasteiger partial charge in [-0.2, -0.15) is 10.4 Å². The second-order valence-electron chi connectivity index (χ2n) is 5.85. The molecule has 1 heterocycles. The summed E-state index contributed by atoms with van der Waals surface area (Å²) in [6.45, 7) is 4.29. The third-order valence-electron chi connectivity index (χ3n) is 4.30. The third kappa shape index (κ3) is 3.82. The summed E-state index contributed by atoms with van der Waals surface area (Å²) < 4.78 is 1.86. The lowest BCUT2D eigenvalue weighted by Gasteiger charge is -2.24. The Bertz CT molecular complexity index is 499. The van der Waals surface area contributed by atoms with E-state index in [0.717, 1.165) is 25.7 Å². The highest BCUT2D eigenvalue weighted by atomic mass is 16.2. The summed E-state index contributed by atoms with van der Waals surface area (Å²) in [6.07, 6.45) is 7.18. The van der Waals surface area contributed by atoms with Gasteiger partial charge in [0.05, 0.1) is 18.7 Å². The van der Waals surface area contributed by atoms with Crippen LogP contribution < -0.4 is 10.6 Å². The summed E-state index contributed by atoms with van der Waals surface area (Å²) in [7, 11) is 0. The Balaban J connectivity index is 1.80. The molecular weight excluding hydrogens is 266 g/mol. The van der Waals surface area contributed by atoms with Gasteiger partial charge in [0.15, 0.2) is 0 Å². The lowest BCUT2D eigenvalue weighted by atomic mass is 10.00. The molecule has 0 unspecified atom stereocenters. The summed E-state index contributed by atoms with van der Waals surface area (Å²) in [5.74, 6) is -0.113. The molecule has 1 fully saturated rings. The highest BCUT2D eigenvalue weighted by molar-refractivity contribution is 5.79. The molecule has 21 heavy (non-hydrogen) atoms. The second kappa shape index (κ2) is 6.72. The minimum Gasteiger partial charge on any atom is -0.337 e. The van der Waals surface area contributed by atoms with E-state index in [0.29, 0.717) is 0 Å². The molecule has 1 aliphatic rings. The Hall–Kier alpha value is -1.87. The van der Waals surface area contributed by atoms with Crippen LogP contribution >= 0.6 is 0 Å². The van der Waals surface area contributed by atoms with E-state index in [9.17, 15) is 10.1 Å². The molecule has 0 saturated heterocycles. The van der Waals surface area contributed by atoms with Crippen molar-refractivity contribution in [1.29, 1.82) is 5.26 Å². The predicted octanol–water partition coefficient (Wildman–Crippen LogP) is 1.37. The van der Waals surface area contributed by atoms with Crippen molar-refractivity contribution in [2.75, 3.05) is 6.54 Å². The maximum absolute atomic E-state index is 12.0. The number of nitriles is 1. The molecular formula is C15H23N5O. The first-order valence-corrected chi connectivity index (χ1v) is 7.51. The first kappa shape index (κ1) is 15.5. The minimum absolute atomic E-state index is 0.109. The monoisotopic (exact) mass is 289 g/mol. The zero-order valence-electron chi connectivity index (χ0n) is 12.7. The summed E-state index contributed by atoms with van der Waals surface area (Å²) in [5.41, 5.74) is -0.643. The summed E-state index contributed by atoms with van der Waals surface area (Å²) in [6, 6.07) is 4.41. The van der Waals surface area contributed by atoms with Gasteiger partial charge in [-0.15, -0.1) is 0 Å². The largest absolute Gasteiger partial charge is 0.337 e. The van der Waals surface area contributed by atoms with Crippen LogP contribution in [0.15, 0.2) is 18.5 Å². The number of carbonyl (C=O) groups excluding carboxylic acids is 1. The fourth-order valence-corrected chi connectivity index (χ4v) is 2.73. The van der Waals surface area contributed by atoms with Crippen LogP contribution in [0.1, 0.15) is 45.6 Å². The first-order valence-electron chi connectivity index (χ1n) is 7.51. The molecule has 0 bridgehead atoms. The average Bonchev–Trinajstić information content (AvgIpc) is 3.15. The highest BCUT2D eigenvalue weighted by Crippen LogP contribution is 2.28. The number of amides is 1. The van der Waals surface area contributed by atoms with Gasteiger partial charge in [0, 0.05) is 18.4 Å². The van der Waals surface area contributed by atoms with E-state index in [-0.39, 0.29) is 24.5 Å². The van der Waals surface area contributed by atoms with Gasteiger partial charge in [0.1, 0.15) is 5.54 Å².